The number of carbonyl (C=O) groups is 1. The number of hydrogen-bond acceptors (Lipinski definition) is 1. The number of ketones is 1. The predicted molar refractivity (Wildman–Crippen MR) is 70.9 cm³/mol. The first kappa shape index (κ1) is 14.0. The summed E-state index contributed by atoms with van der Waals surface area (Å²) in [4.78, 5) is 12.0. The summed E-state index contributed by atoms with van der Waals surface area (Å²) < 4.78 is 26.0. The molecule has 0 N–H and O–H groups in total. The molecule has 0 fully saturated rings. The van der Waals surface area contributed by atoms with Crippen molar-refractivity contribution in [2.75, 3.05) is 0 Å². The van der Waals surface area contributed by atoms with Gasteiger partial charge in [0.25, 0.3) is 0 Å². The van der Waals surface area contributed by atoms with Crippen LogP contribution in [0.25, 0.3) is 0 Å². The van der Waals surface area contributed by atoms with Gasteiger partial charge >= 0.3 is 0 Å². The maximum atomic E-state index is 13.1. The van der Waals surface area contributed by atoms with Crippen LogP contribution in [0.2, 0.25) is 10.0 Å². The zero-order chi connectivity index (χ0) is 14.0. The van der Waals surface area contributed by atoms with Gasteiger partial charge in [-0.15, -0.1) is 0 Å². The molecule has 0 spiro atoms. The second kappa shape index (κ2) is 5.68. The molecule has 0 aliphatic rings. The summed E-state index contributed by atoms with van der Waals surface area (Å²) in [7, 11) is 0. The molecule has 98 valence electrons. The van der Waals surface area contributed by atoms with Crippen molar-refractivity contribution in [3.8, 4) is 0 Å². The van der Waals surface area contributed by atoms with Gasteiger partial charge in [0.2, 0.25) is 0 Å². The summed E-state index contributed by atoms with van der Waals surface area (Å²) in [6.07, 6.45) is -0.0672. The molecule has 2 rings (SSSR count). The number of rotatable bonds is 3. The molecule has 0 saturated heterocycles. The van der Waals surface area contributed by atoms with E-state index in [0.29, 0.717) is 5.56 Å². The molecule has 0 unspecified atom stereocenters. The van der Waals surface area contributed by atoms with E-state index in [-0.39, 0.29) is 27.8 Å². The normalized spacial score (nSPS) is 10.5. The monoisotopic (exact) mass is 300 g/mol. The van der Waals surface area contributed by atoms with Crippen molar-refractivity contribution in [2.45, 2.75) is 6.42 Å². The van der Waals surface area contributed by atoms with Gasteiger partial charge in [0.15, 0.2) is 5.78 Å². The van der Waals surface area contributed by atoms with Crippen LogP contribution < -0.4 is 0 Å². The highest BCUT2D eigenvalue weighted by Gasteiger charge is 2.14. The number of benzene rings is 2. The molecule has 0 bridgehead atoms. The summed E-state index contributed by atoms with van der Waals surface area (Å²) in [6, 6.07) is 7.31. The molecule has 0 aliphatic heterocycles. The van der Waals surface area contributed by atoms with Crippen molar-refractivity contribution < 1.29 is 13.6 Å². The first-order valence-corrected chi connectivity index (χ1v) is 6.15. The molecular weight excluding hydrogens is 293 g/mol. The Kier molecular flexibility index (Phi) is 4.17. The number of hydrogen-bond donors (Lipinski definition) is 0. The Morgan fingerprint density at radius 1 is 0.947 bits per heavy atom. The quantitative estimate of drug-likeness (QED) is 0.751. The fourth-order valence-electron chi connectivity index (χ4n) is 1.64. The largest absolute Gasteiger partial charge is 0.294 e. The molecule has 2 aromatic carbocycles. The van der Waals surface area contributed by atoms with Crippen LogP contribution in [0, 0.1) is 11.6 Å². The molecule has 0 aliphatic carbocycles. The summed E-state index contributed by atoms with van der Waals surface area (Å²) in [5.74, 6) is -1.40. The van der Waals surface area contributed by atoms with Gasteiger partial charge in [-0.05, 0) is 35.9 Å². The lowest BCUT2D eigenvalue weighted by Crippen LogP contribution is -2.05. The average molecular weight is 301 g/mol. The molecule has 0 atom stereocenters. The Morgan fingerprint density at radius 3 is 2.26 bits per heavy atom. The van der Waals surface area contributed by atoms with Gasteiger partial charge in [0.1, 0.15) is 11.6 Å². The minimum atomic E-state index is -0.544. The van der Waals surface area contributed by atoms with Crippen LogP contribution in [0.5, 0.6) is 0 Å². The highest BCUT2D eigenvalue weighted by Crippen LogP contribution is 2.22. The van der Waals surface area contributed by atoms with E-state index in [0.717, 1.165) is 12.1 Å². The second-order valence-corrected chi connectivity index (χ2v) is 4.77. The van der Waals surface area contributed by atoms with Gasteiger partial charge in [-0.2, -0.15) is 0 Å². The predicted octanol–water partition coefficient (Wildman–Crippen LogP) is 4.70. The molecule has 0 heterocycles. The Morgan fingerprint density at radius 2 is 1.58 bits per heavy atom. The number of carbonyl (C=O) groups excluding carboxylic acids is 1. The summed E-state index contributed by atoms with van der Waals surface area (Å²) >= 11 is 11.7. The lowest BCUT2D eigenvalue weighted by molar-refractivity contribution is 0.0992. The van der Waals surface area contributed by atoms with Crippen LogP contribution in [-0.4, -0.2) is 5.78 Å². The molecular formula is C14H8Cl2F2O. The van der Waals surface area contributed by atoms with Gasteiger partial charge in [-0.1, -0.05) is 29.3 Å². The standard InChI is InChI=1S/C14H8Cl2F2O/c15-12-4-3-9(17)6-11(12)14(19)5-8-1-2-10(18)7-13(8)16/h1-4,6-7H,5H2. The van der Waals surface area contributed by atoms with Crippen LogP contribution in [-0.2, 0) is 6.42 Å². The third-order valence-corrected chi connectivity index (χ3v) is 3.28. The van der Waals surface area contributed by atoms with Crippen molar-refractivity contribution in [2.24, 2.45) is 0 Å². The van der Waals surface area contributed by atoms with Crippen LogP contribution in [0.1, 0.15) is 15.9 Å². The van der Waals surface area contributed by atoms with E-state index in [1.165, 1.54) is 24.3 Å². The average Bonchev–Trinajstić information content (AvgIpc) is 2.35. The molecule has 5 heteroatoms. The first-order valence-electron chi connectivity index (χ1n) is 5.39. The Bertz CT molecular complexity index is 641. The third-order valence-electron chi connectivity index (χ3n) is 2.59. The van der Waals surface area contributed by atoms with Gasteiger partial charge < -0.3 is 0 Å². The summed E-state index contributed by atoms with van der Waals surface area (Å²) in [5, 5.41) is 0.325. The van der Waals surface area contributed by atoms with E-state index < -0.39 is 11.6 Å². The van der Waals surface area contributed by atoms with Crippen LogP contribution >= 0.6 is 23.2 Å². The van der Waals surface area contributed by atoms with Crippen LogP contribution in [0.4, 0.5) is 8.78 Å². The number of halogens is 4. The highest BCUT2D eigenvalue weighted by molar-refractivity contribution is 6.34. The lowest BCUT2D eigenvalue weighted by atomic mass is 10.0. The van der Waals surface area contributed by atoms with Gasteiger partial charge in [-0.3, -0.25) is 4.79 Å². The van der Waals surface area contributed by atoms with Crippen molar-refractivity contribution in [3.63, 3.8) is 0 Å². The first-order chi connectivity index (χ1) is 8.97. The Labute approximate surface area is 118 Å². The smallest absolute Gasteiger partial charge is 0.168 e. The summed E-state index contributed by atoms with van der Waals surface area (Å²) in [6.45, 7) is 0. The topological polar surface area (TPSA) is 17.1 Å². The zero-order valence-corrected chi connectivity index (χ0v) is 11.1. The SMILES string of the molecule is O=C(Cc1ccc(F)cc1Cl)c1cc(F)ccc1Cl. The van der Waals surface area contributed by atoms with E-state index >= 15 is 0 Å². The molecule has 0 radical (unpaired) electrons. The van der Waals surface area contributed by atoms with Crippen LogP contribution in [0.15, 0.2) is 36.4 Å². The van der Waals surface area contributed by atoms with Crippen molar-refractivity contribution in [1.29, 1.82) is 0 Å². The third kappa shape index (κ3) is 3.31. The summed E-state index contributed by atoms with van der Waals surface area (Å²) in [5.41, 5.74) is 0.551. The van der Waals surface area contributed by atoms with Crippen molar-refractivity contribution >= 4 is 29.0 Å². The van der Waals surface area contributed by atoms with E-state index in [4.69, 9.17) is 23.2 Å². The molecule has 2 aromatic rings. The minimum Gasteiger partial charge on any atom is -0.294 e. The molecule has 19 heavy (non-hydrogen) atoms. The highest BCUT2D eigenvalue weighted by atomic mass is 35.5. The van der Waals surface area contributed by atoms with Gasteiger partial charge in [0.05, 0.1) is 5.02 Å². The molecule has 0 amide bonds. The Balaban J connectivity index is 2.28. The van der Waals surface area contributed by atoms with Crippen molar-refractivity contribution in [3.05, 3.63) is 69.2 Å². The Hall–Kier alpha value is -1.45. The van der Waals surface area contributed by atoms with E-state index in [2.05, 4.69) is 0 Å². The maximum absolute atomic E-state index is 13.1. The van der Waals surface area contributed by atoms with Gasteiger partial charge in [-0.25, -0.2) is 8.78 Å². The second-order valence-electron chi connectivity index (χ2n) is 3.96. The fraction of sp³-hybridized carbons (Fsp3) is 0.0714. The van der Waals surface area contributed by atoms with E-state index in [9.17, 15) is 13.6 Å². The fourth-order valence-corrected chi connectivity index (χ4v) is 2.10. The van der Waals surface area contributed by atoms with Crippen molar-refractivity contribution in [1.82, 2.24) is 0 Å². The number of Topliss-reactive ketones (excluding diaryl/α,β-unsaturated/α-hetero) is 1. The zero-order valence-electron chi connectivity index (χ0n) is 9.59. The van der Waals surface area contributed by atoms with E-state index in [1.807, 2.05) is 0 Å². The minimum absolute atomic E-state index is 0.0672. The molecule has 0 aromatic heterocycles. The van der Waals surface area contributed by atoms with Crippen LogP contribution in [0.3, 0.4) is 0 Å². The maximum Gasteiger partial charge on any atom is 0.168 e. The van der Waals surface area contributed by atoms with Gasteiger partial charge in [0, 0.05) is 17.0 Å². The van der Waals surface area contributed by atoms with E-state index in [1.54, 1.807) is 0 Å². The lowest BCUT2D eigenvalue weighted by Gasteiger charge is -2.06. The molecule has 0 saturated carbocycles. The molecule has 1 nitrogen and oxygen atoms in total.